The topological polar surface area (TPSA) is 63.6 Å². The van der Waals surface area contributed by atoms with E-state index in [1.807, 2.05) is 6.07 Å². The van der Waals surface area contributed by atoms with Crippen molar-refractivity contribution in [1.29, 1.82) is 0 Å². The molecule has 1 N–H and O–H groups in total. The van der Waals surface area contributed by atoms with Gasteiger partial charge in [0, 0.05) is 6.42 Å². The predicted molar refractivity (Wildman–Crippen MR) is 67.3 cm³/mol. The molecule has 98 valence electrons. The summed E-state index contributed by atoms with van der Waals surface area (Å²) in [6.45, 7) is 1.80. The number of rotatable bonds is 7. The molecule has 4 nitrogen and oxygen atoms in total. The minimum absolute atomic E-state index is 0.153. The van der Waals surface area contributed by atoms with Crippen molar-refractivity contribution in [2.75, 3.05) is 0 Å². The fourth-order valence-corrected chi connectivity index (χ4v) is 1.55. The number of esters is 1. The van der Waals surface area contributed by atoms with Crippen molar-refractivity contribution < 1.29 is 19.4 Å². The van der Waals surface area contributed by atoms with Crippen molar-refractivity contribution in [3.8, 4) is 5.75 Å². The van der Waals surface area contributed by atoms with Gasteiger partial charge in [-0.3, -0.25) is 9.59 Å². The Bertz CT molecular complexity index is 386. The van der Waals surface area contributed by atoms with Gasteiger partial charge in [0.25, 0.3) is 0 Å². The third-order valence-corrected chi connectivity index (χ3v) is 2.64. The van der Waals surface area contributed by atoms with Crippen LogP contribution in [-0.4, -0.2) is 17.0 Å². The fourth-order valence-electron chi connectivity index (χ4n) is 1.55. The third kappa shape index (κ3) is 5.48. The molecule has 0 bridgehead atoms. The molecule has 0 aromatic heterocycles. The summed E-state index contributed by atoms with van der Waals surface area (Å²) in [6.07, 6.45) is 2.12. The smallest absolute Gasteiger partial charge is 0.314 e. The molecule has 0 saturated heterocycles. The number of carboxylic acids is 1. The predicted octanol–water partition coefficient (Wildman–Crippen LogP) is 2.87. The lowest BCUT2D eigenvalue weighted by atomic mass is 10.0. The Labute approximate surface area is 107 Å². The molecule has 0 fully saturated rings. The van der Waals surface area contributed by atoms with Crippen molar-refractivity contribution in [3.63, 3.8) is 0 Å². The summed E-state index contributed by atoms with van der Waals surface area (Å²) in [7, 11) is 0. The number of carbonyl (C=O) groups excluding carboxylic acids is 1. The van der Waals surface area contributed by atoms with Crippen LogP contribution >= 0.6 is 0 Å². The molecule has 0 aliphatic carbocycles. The van der Waals surface area contributed by atoms with E-state index < -0.39 is 5.97 Å². The van der Waals surface area contributed by atoms with Gasteiger partial charge in [-0.25, -0.2) is 0 Å². The number of ether oxygens (including phenoxy) is 1. The number of benzene rings is 1. The molecule has 1 atom stereocenters. The van der Waals surface area contributed by atoms with Crippen LogP contribution in [-0.2, 0) is 9.59 Å². The molecule has 0 aliphatic rings. The molecule has 1 aromatic carbocycles. The van der Waals surface area contributed by atoms with Gasteiger partial charge in [-0.05, 0) is 25.0 Å². The van der Waals surface area contributed by atoms with Gasteiger partial charge in [-0.15, -0.1) is 0 Å². The maximum absolute atomic E-state index is 11.7. The highest BCUT2D eigenvalue weighted by atomic mass is 16.5. The first-order valence-electron chi connectivity index (χ1n) is 6.08. The highest BCUT2D eigenvalue weighted by molar-refractivity contribution is 5.74. The largest absolute Gasteiger partial charge is 0.481 e. The van der Waals surface area contributed by atoms with Crippen molar-refractivity contribution in [2.24, 2.45) is 5.92 Å². The Kier molecular flexibility index (Phi) is 5.91. The van der Waals surface area contributed by atoms with Gasteiger partial charge in [-0.1, -0.05) is 31.5 Å². The molecule has 1 aromatic rings. The van der Waals surface area contributed by atoms with Crippen LogP contribution in [0.5, 0.6) is 5.75 Å². The van der Waals surface area contributed by atoms with Gasteiger partial charge in [0.1, 0.15) is 5.75 Å². The molecule has 1 rings (SSSR count). The van der Waals surface area contributed by atoms with Gasteiger partial charge in [0.05, 0.1) is 5.92 Å². The van der Waals surface area contributed by atoms with Crippen LogP contribution in [0, 0.1) is 5.92 Å². The summed E-state index contributed by atoms with van der Waals surface area (Å²) >= 11 is 0. The number of hydrogen-bond acceptors (Lipinski definition) is 3. The van der Waals surface area contributed by atoms with Crippen LogP contribution in [0.4, 0.5) is 0 Å². The minimum atomic E-state index is -0.797. The zero-order valence-corrected chi connectivity index (χ0v) is 10.5. The standard InChI is InChI=1S/C14H18O4/c1-11(7-5-6-10-13(15)16)14(17)18-12-8-3-2-4-9-12/h2-4,8-9,11H,5-7,10H2,1H3,(H,15,16). The van der Waals surface area contributed by atoms with Crippen LogP contribution in [0.25, 0.3) is 0 Å². The summed E-state index contributed by atoms with van der Waals surface area (Å²) in [4.78, 5) is 22.0. The van der Waals surface area contributed by atoms with E-state index in [0.29, 0.717) is 18.6 Å². The van der Waals surface area contributed by atoms with E-state index in [4.69, 9.17) is 9.84 Å². The lowest BCUT2D eigenvalue weighted by molar-refractivity contribution is -0.138. The molecule has 0 radical (unpaired) electrons. The number of aliphatic carboxylic acids is 1. The molecular weight excluding hydrogens is 232 g/mol. The van der Waals surface area contributed by atoms with E-state index >= 15 is 0 Å². The van der Waals surface area contributed by atoms with Gasteiger partial charge < -0.3 is 9.84 Å². The van der Waals surface area contributed by atoms with E-state index in [9.17, 15) is 9.59 Å². The van der Waals surface area contributed by atoms with E-state index in [0.717, 1.165) is 6.42 Å². The summed E-state index contributed by atoms with van der Waals surface area (Å²) in [6, 6.07) is 8.93. The van der Waals surface area contributed by atoms with Gasteiger partial charge in [0.2, 0.25) is 0 Å². The molecule has 0 saturated carbocycles. The second-order valence-electron chi connectivity index (χ2n) is 4.27. The van der Waals surface area contributed by atoms with Crippen LogP contribution < -0.4 is 4.74 Å². The summed E-state index contributed by atoms with van der Waals surface area (Å²) < 4.78 is 5.20. The first kappa shape index (κ1) is 14.2. The van der Waals surface area contributed by atoms with Gasteiger partial charge in [-0.2, -0.15) is 0 Å². The summed E-state index contributed by atoms with van der Waals surface area (Å²) in [5, 5.41) is 8.49. The van der Waals surface area contributed by atoms with Crippen molar-refractivity contribution in [3.05, 3.63) is 30.3 Å². The van der Waals surface area contributed by atoms with Crippen LogP contribution in [0.15, 0.2) is 30.3 Å². The Balaban J connectivity index is 2.27. The molecule has 0 aliphatic heterocycles. The van der Waals surface area contributed by atoms with Crippen LogP contribution in [0.2, 0.25) is 0 Å². The first-order valence-corrected chi connectivity index (χ1v) is 6.08. The van der Waals surface area contributed by atoms with E-state index in [-0.39, 0.29) is 18.3 Å². The third-order valence-electron chi connectivity index (χ3n) is 2.64. The quantitative estimate of drug-likeness (QED) is 0.459. The molecule has 0 heterocycles. The number of hydrogen-bond donors (Lipinski definition) is 1. The Hall–Kier alpha value is -1.84. The van der Waals surface area contributed by atoms with E-state index in [2.05, 4.69) is 0 Å². The normalized spacial score (nSPS) is 11.8. The van der Waals surface area contributed by atoms with Crippen molar-refractivity contribution in [1.82, 2.24) is 0 Å². The van der Waals surface area contributed by atoms with E-state index in [1.165, 1.54) is 0 Å². The van der Waals surface area contributed by atoms with Crippen molar-refractivity contribution in [2.45, 2.75) is 32.6 Å². The SMILES string of the molecule is CC(CCCCC(=O)O)C(=O)Oc1ccccc1. The lowest BCUT2D eigenvalue weighted by Crippen LogP contribution is -2.17. The van der Waals surface area contributed by atoms with Gasteiger partial charge >= 0.3 is 11.9 Å². The molecule has 1 unspecified atom stereocenters. The van der Waals surface area contributed by atoms with Crippen LogP contribution in [0.1, 0.15) is 32.6 Å². The number of carboxylic acid groups (broad SMARTS) is 1. The number of carbonyl (C=O) groups is 2. The molecular formula is C14H18O4. The second kappa shape index (κ2) is 7.48. The lowest BCUT2D eigenvalue weighted by Gasteiger charge is -2.10. The monoisotopic (exact) mass is 250 g/mol. The Morgan fingerprint density at radius 1 is 1.22 bits per heavy atom. The average Bonchev–Trinajstić information content (AvgIpc) is 2.35. The number of unbranched alkanes of at least 4 members (excludes halogenated alkanes) is 1. The zero-order chi connectivity index (χ0) is 13.4. The molecule has 0 amide bonds. The summed E-state index contributed by atoms with van der Waals surface area (Å²) in [5.41, 5.74) is 0. The maximum atomic E-state index is 11.7. The fraction of sp³-hybridized carbons (Fsp3) is 0.429. The van der Waals surface area contributed by atoms with Crippen LogP contribution in [0.3, 0.4) is 0 Å². The first-order chi connectivity index (χ1) is 8.59. The van der Waals surface area contributed by atoms with Crippen molar-refractivity contribution >= 4 is 11.9 Å². The highest BCUT2D eigenvalue weighted by Crippen LogP contribution is 2.15. The Morgan fingerprint density at radius 3 is 2.50 bits per heavy atom. The molecule has 18 heavy (non-hydrogen) atoms. The maximum Gasteiger partial charge on any atom is 0.314 e. The minimum Gasteiger partial charge on any atom is -0.481 e. The Morgan fingerprint density at radius 2 is 1.89 bits per heavy atom. The summed E-state index contributed by atoms with van der Waals surface area (Å²) in [5.74, 6) is -0.732. The second-order valence-corrected chi connectivity index (χ2v) is 4.27. The molecule has 0 spiro atoms. The number of para-hydroxylation sites is 1. The average molecular weight is 250 g/mol. The molecule has 4 heteroatoms. The van der Waals surface area contributed by atoms with E-state index in [1.54, 1.807) is 31.2 Å². The van der Waals surface area contributed by atoms with Gasteiger partial charge in [0.15, 0.2) is 0 Å². The highest BCUT2D eigenvalue weighted by Gasteiger charge is 2.14. The zero-order valence-electron chi connectivity index (χ0n) is 10.5.